The van der Waals surface area contributed by atoms with Gasteiger partial charge in [-0.15, -0.1) is 0 Å². The van der Waals surface area contributed by atoms with E-state index in [0.717, 1.165) is 18.8 Å². The van der Waals surface area contributed by atoms with E-state index in [-0.39, 0.29) is 0 Å². The van der Waals surface area contributed by atoms with Crippen LogP contribution in [0.25, 0.3) is 0 Å². The number of rotatable bonds is 5. The molecule has 0 amide bonds. The van der Waals surface area contributed by atoms with Crippen LogP contribution in [-0.2, 0) is 11.3 Å². The molecule has 0 aromatic heterocycles. The molecular formula is C10H14OS. The lowest BCUT2D eigenvalue weighted by Gasteiger charge is -2.01. The van der Waals surface area contributed by atoms with E-state index in [0.29, 0.717) is 6.61 Å². The van der Waals surface area contributed by atoms with Crippen LogP contribution in [0.15, 0.2) is 30.3 Å². The summed E-state index contributed by atoms with van der Waals surface area (Å²) in [5.41, 5.74) is 1.23. The molecule has 1 aromatic rings. The predicted octanol–water partition coefficient (Wildman–Crippen LogP) is 2.52. The van der Waals surface area contributed by atoms with Crippen molar-refractivity contribution in [3.63, 3.8) is 0 Å². The van der Waals surface area contributed by atoms with Crippen LogP contribution >= 0.6 is 12.6 Å². The van der Waals surface area contributed by atoms with Gasteiger partial charge in [0.1, 0.15) is 0 Å². The quantitative estimate of drug-likeness (QED) is 0.544. The minimum atomic E-state index is 0.717. The van der Waals surface area contributed by atoms with E-state index < -0.39 is 0 Å². The molecular weight excluding hydrogens is 168 g/mol. The Morgan fingerprint density at radius 2 is 1.92 bits per heavy atom. The Morgan fingerprint density at radius 1 is 1.17 bits per heavy atom. The van der Waals surface area contributed by atoms with Gasteiger partial charge in [0.05, 0.1) is 6.61 Å². The molecule has 0 saturated heterocycles. The monoisotopic (exact) mass is 182 g/mol. The predicted molar refractivity (Wildman–Crippen MR) is 54.6 cm³/mol. The first-order chi connectivity index (χ1) is 5.93. The van der Waals surface area contributed by atoms with Crippen LogP contribution < -0.4 is 0 Å². The Labute approximate surface area is 79.2 Å². The van der Waals surface area contributed by atoms with Gasteiger partial charge in [0, 0.05) is 6.61 Å². The fourth-order valence-electron chi connectivity index (χ4n) is 0.931. The van der Waals surface area contributed by atoms with E-state index in [9.17, 15) is 0 Å². The average molecular weight is 182 g/mol. The van der Waals surface area contributed by atoms with Gasteiger partial charge in [-0.25, -0.2) is 0 Å². The molecule has 12 heavy (non-hydrogen) atoms. The molecule has 0 aliphatic rings. The first-order valence-corrected chi connectivity index (χ1v) is 4.79. The Bertz CT molecular complexity index is 198. The average Bonchev–Trinajstić information content (AvgIpc) is 2.14. The highest BCUT2D eigenvalue weighted by Gasteiger charge is 1.90. The maximum absolute atomic E-state index is 5.41. The number of benzene rings is 1. The van der Waals surface area contributed by atoms with Crippen LogP contribution in [0.5, 0.6) is 0 Å². The zero-order valence-electron chi connectivity index (χ0n) is 7.07. The second kappa shape index (κ2) is 6.09. The van der Waals surface area contributed by atoms with Crippen molar-refractivity contribution in [2.45, 2.75) is 13.0 Å². The van der Waals surface area contributed by atoms with Crippen LogP contribution in [0.2, 0.25) is 0 Å². The molecule has 0 spiro atoms. The van der Waals surface area contributed by atoms with E-state index in [1.807, 2.05) is 18.2 Å². The molecule has 1 aromatic carbocycles. The minimum Gasteiger partial charge on any atom is -0.377 e. The molecule has 0 fully saturated rings. The first kappa shape index (κ1) is 9.62. The number of hydrogen-bond acceptors (Lipinski definition) is 2. The minimum absolute atomic E-state index is 0.717. The Kier molecular flexibility index (Phi) is 4.88. The Balaban J connectivity index is 2.16. The third-order valence-corrected chi connectivity index (χ3v) is 1.87. The lowest BCUT2D eigenvalue weighted by molar-refractivity contribution is 0.122. The summed E-state index contributed by atoms with van der Waals surface area (Å²) in [5, 5.41) is 0. The zero-order valence-corrected chi connectivity index (χ0v) is 7.97. The van der Waals surface area contributed by atoms with Crippen molar-refractivity contribution in [3.05, 3.63) is 35.9 Å². The van der Waals surface area contributed by atoms with Gasteiger partial charge in [-0.2, -0.15) is 12.6 Å². The van der Waals surface area contributed by atoms with Crippen molar-refractivity contribution in [3.8, 4) is 0 Å². The molecule has 0 unspecified atom stereocenters. The van der Waals surface area contributed by atoms with Gasteiger partial charge >= 0.3 is 0 Å². The topological polar surface area (TPSA) is 9.23 Å². The fraction of sp³-hybridized carbons (Fsp3) is 0.400. The standard InChI is InChI=1S/C10H14OS/c12-8-4-7-11-9-10-5-2-1-3-6-10/h1-3,5-6,12H,4,7-9H2. The van der Waals surface area contributed by atoms with E-state index >= 15 is 0 Å². The summed E-state index contributed by atoms with van der Waals surface area (Å²) in [6.45, 7) is 1.52. The summed E-state index contributed by atoms with van der Waals surface area (Å²) in [4.78, 5) is 0. The van der Waals surface area contributed by atoms with Gasteiger partial charge < -0.3 is 4.74 Å². The van der Waals surface area contributed by atoms with Crippen molar-refractivity contribution in [1.82, 2.24) is 0 Å². The molecule has 2 heteroatoms. The van der Waals surface area contributed by atoms with E-state index in [4.69, 9.17) is 4.74 Å². The van der Waals surface area contributed by atoms with E-state index in [1.165, 1.54) is 5.56 Å². The number of hydrogen-bond donors (Lipinski definition) is 1. The van der Waals surface area contributed by atoms with Gasteiger partial charge in [-0.05, 0) is 17.7 Å². The summed E-state index contributed by atoms with van der Waals surface area (Å²) in [6, 6.07) is 10.2. The number of ether oxygens (including phenoxy) is 1. The highest BCUT2D eigenvalue weighted by molar-refractivity contribution is 7.80. The lowest BCUT2D eigenvalue weighted by Crippen LogP contribution is -1.95. The summed E-state index contributed by atoms with van der Waals surface area (Å²) in [6.07, 6.45) is 1.02. The highest BCUT2D eigenvalue weighted by Crippen LogP contribution is 2.00. The van der Waals surface area contributed by atoms with E-state index in [2.05, 4.69) is 24.8 Å². The molecule has 0 radical (unpaired) electrons. The molecule has 0 atom stereocenters. The van der Waals surface area contributed by atoms with Gasteiger partial charge in [-0.1, -0.05) is 30.3 Å². The van der Waals surface area contributed by atoms with Gasteiger partial charge in [-0.3, -0.25) is 0 Å². The van der Waals surface area contributed by atoms with Gasteiger partial charge in [0.15, 0.2) is 0 Å². The van der Waals surface area contributed by atoms with Crippen molar-refractivity contribution in [1.29, 1.82) is 0 Å². The fourth-order valence-corrected chi connectivity index (χ4v) is 1.06. The maximum Gasteiger partial charge on any atom is 0.0716 e. The summed E-state index contributed by atoms with van der Waals surface area (Å²) < 4.78 is 5.41. The third-order valence-electron chi connectivity index (χ3n) is 1.56. The molecule has 1 rings (SSSR count). The number of thiol groups is 1. The largest absolute Gasteiger partial charge is 0.377 e. The molecule has 1 nitrogen and oxygen atoms in total. The molecule has 0 aliphatic heterocycles. The first-order valence-electron chi connectivity index (χ1n) is 4.16. The molecule has 0 aliphatic carbocycles. The summed E-state index contributed by atoms with van der Waals surface area (Å²) in [7, 11) is 0. The lowest BCUT2D eigenvalue weighted by atomic mass is 10.2. The van der Waals surface area contributed by atoms with Gasteiger partial charge in [0.2, 0.25) is 0 Å². The second-order valence-corrected chi connectivity index (χ2v) is 3.06. The molecule has 0 saturated carbocycles. The normalized spacial score (nSPS) is 10.1. The van der Waals surface area contributed by atoms with Crippen molar-refractivity contribution < 1.29 is 4.74 Å². The summed E-state index contributed by atoms with van der Waals surface area (Å²) >= 11 is 4.10. The van der Waals surface area contributed by atoms with Crippen LogP contribution in [0, 0.1) is 0 Å². The zero-order chi connectivity index (χ0) is 8.65. The van der Waals surface area contributed by atoms with Crippen LogP contribution in [0.1, 0.15) is 12.0 Å². The van der Waals surface area contributed by atoms with Crippen molar-refractivity contribution in [2.24, 2.45) is 0 Å². The third kappa shape index (κ3) is 3.79. The molecule has 0 bridgehead atoms. The second-order valence-electron chi connectivity index (χ2n) is 2.62. The highest BCUT2D eigenvalue weighted by atomic mass is 32.1. The van der Waals surface area contributed by atoms with Crippen LogP contribution in [0.3, 0.4) is 0 Å². The maximum atomic E-state index is 5.41. The smallest absolute Gasteiger partial charge is 0.0716 e. The van der Waals surface area contributed by atoms with Crippen LogP contribution in [-0.4, -0.2) is 12.4 Å². The Hall–Kier alpha value is -0.470. The van der Waals surface area contributed by atoms with Gasteiger partial charge in [0.25, 0.3) is 0 Å². The van der Waals surface area contributed by atoms with E-state index in [1.54, 1.807) is 0 Å². The summed E-state index contributed by atoms with van der Waals surface area (Å²) in [5.74, 6) is 0.898. The van der Waals surface area contributed by atoms with Crippen LogP contribution in [0.4, 0.5) is 0 Å². The molecule has 66 valence electrons. The SMILES string of the molecule is SCCCOCc1ccccc1. The van der Waals surface area contributed by atoms with Crippen molar-refractivity contribution >= 4 is 12.6 Å². The Morgan fingerprint density at radius 3 is 2.58 bits per heavy atom. The molecule has 0 N–H and O–H groups in total. The van der Waals surface area contributed by atoms with Crippen molar-refractivity contribution in [2.75, 3.05) is 12.4 Å². The molecule has 0 heterocycles.